The van der Waals surface area contributed by atoms with E-state index in [1.54, 1.807) is 18.2 Å². The molecule has 0 radical (unpaired) electrons. The molecule has 0 saturated carbocycles. The van der Waals surface area contributed by atoms with Crippen molar-refractivity contribution in [1.82, 2.24) is 0 Å². The summed E-state index contributed by atoms with van der Waals surface area (Å²) in [5, 5.41) is 0. The molecule has 2 aromatic carbocycles. The Labute approximate surface area is 119 Å². The summed E-state index contributed by atoms with van der Waals surface area (Å²) in [6.07, 6.45) is 0.747. The maximum atomic E-state index is 14.0. The van der Waals surface area contributed by atoms with E-state index in [1.165, 1.54) is 11.0 Å². The molecule has 0 atom stereocenters. The van der Waals surface area contributed by atoms with Crippen LogP contribution in [0.5, 0.6) is 0 Å². The minimum Gasteiger partial charge on any atom is -0.305 e. The monoisotopic (exact) mass is 319 g/mol. The fourth-order valence-electron chi connectivity index (χ4n) is 2.36. The summed E-state index contributed by atoms with van der Waals surface area (Å²) in [5.41, 5.74) is 2.03. The highest BCUT2D eigenvalue weighted by Crippen LogP contribution is 2.28. The molecule has 1 aliphatic heterocycles. The van der Waals surface area contributed by atoms with Crippen LogP contribution in [0, 0.1) is 5.82 Å². The number of rotatable bonds is 1. The molecule has 4 heteroatoms. The molecule has 96 valence electrons. The van der Waals surface area contributed by atoms with E-state index < -0.39 is 0 Å². The van der Waals surface area contributed by atoms with Gasteiger partial charge in [-0.1, -0.05) is 34.1 Å². The molecule has 0 fully saturated rings. The lowest BCUT2D eigenvalue weighted by Gasteiger charge is -2.28. The number of anilines is 1. The normalized spacial score (nSPS) is 14.4. The summed E-state index contributed by atoms with van der Waals surface area (Å²) in [5.74, 6) is -0.523. The second-order valence-corrected chi connectivity index (χ2v) is 5.38. The Morgan fingerprint density at radius 3 is 2.74 bits per heavy atom. The number of carbonyl (C=O) groups is 1. The quantitative estimate of drug-likeness (QED) is 0.783. The third-order valence-corrected chi connectivity index (χ3v) is 3.79. The van der Waals surface area contributed by atoms with Gasteiger partial charge in [0.15, 0.2) is 0 Å². The van der Waals surface area contributed by atoms with Crippen LogP contribution in [0.3, 0.4) is 0 Å². The molecule has 19 heavy (non-hydrogen) atoms. The molecule has 0 spiro atoms. The average Bonchev–Trinajstić information content (AvgIpc) is 2.41. The van der Waals surface area contributed by atoms with Crippen LogP contribution in [-0.2, 0) is 6.42 Å². The lowest BCUT2D eigenvalue weighted by Crippen LogP contribution is -2.38. The van der Waals surface area contributed by atoms with E-state index in [1.807, 2.05) is 18.2 Å². The van der Waals surface area contributed by atoms with Crippen LogP contribution >= 0.6 is 15.9 Å². The molecular weight excluding hydrogens is 309 g/mol. The molecule has 1 amide bonds. The SMILES string of the molecule is O=C1c2ccccc2CCN1c1ccc(Br)cc1F. The minimum atomic E-state index is -0.387. The van der Waals surface area contributed by atoms with E-state index in [9.17, 15) is 9.18 Å². The highest BCUT2D eigenvalue weighted by molar-refractivity contribution is 9.10. The molecule has 0 bridgehead atoms. The van der Waals surface area contributed by atoms with Crippen molar-refractivity contribution >= 4 is 27.5 Å². The zero-order valence-electron chi connectivity index (χ0n) is 10.1. The van der Waals surface area contributed by atoms with Crippen molar-refractivity contribution in [2.24, 2.45) is 0 Å². The van der Waals surface area contributed by atoms with E-state index >= 15 is 0 Å². The van der Waals surface area contributed by atoms with Gasteiger partial charge < -0.3 is 4.90 Å². The standard InChI is InChI=1S/C15H11BrFNO/c16-11-5-6-14(13(17)9-11)18-8-7-10-3-1-2-4-12(10)15(18)19/h1-6,9H,7-8H2. The summed E-state index contributed by atoms with van der Waals surface area (Å²) in [6.45, 7) is 0.508. The van der Waals surface area contributed by atoms with Gasteiger partial charge in [-0.15, -0.1) is 0 Å². The van der Waals surface area contributed by atoms with Gasteiger partial charge in [0.05, 0.1) is 5.69 Å². The molecule has 1 aliphatic rings. The summed E-state index contributed by atoms with van der Waals surface area (Å²) in [4.78, 5) is 13.9. The van der Waals surface area contributed by atoms with E-state index in [4.69, 9.17) is 0 Å². The van der Waals surface area contributed by atoms with E-state index in [-0.39, 0.29) is 11.7 Å². The first kappa shape index (κ1) is 12.4. The van der Waals surface area contributed by atoms with Gasteiger partial charge in [0.2, 0.25) is 0 Å². The molecule has 2 aromatic rings. The third kappa shape index (κ3) is 2.16. The number of hydrogen-bond acceptors (Lipinski definition) is 1. The van der Waals surface area contributed by atoms with E-state index in [0.29, 0.717) is 22.3 Å². The Balaban J connectivity index is 2.02. The third-order valence-electron chi connectivity index (χ3n) is 3.30. The zero-order chi connectivity index (χ0) is 13.4. The highest BCUT2D eigenvalue weighted by atomic mass is 79.9. The van der Waals surface area contributed by atoms with Gasteiger partial charge in [-0.25, -0.2) is 4.39 Å². The molecule has 0 N–H and O–H groups in total. The Bertz CT molecular complexity index is 656. The number of halogens is 2. The molecule has 0 aliphatic carbocycles. The van der Waals surface area contributed by atoms with Gasteiger partial charge in [0.25, 0.3) is 5.91 Å². The number of fused-ring (bicyclic) bond motifs is 1. The van der Waals surface area contributed by atoms with Crippen molar-refractivity contribution in [3.8, 4) is 0 Å². The average molecular weight is 320 g/mol. The Hall–Kier alpha value is -1.68. The molecular formula is C15H11BrFNO. The van der Waals surface area contributed by atoms with Crippen LogP contribution in [0.25, 0.3) is 0 Å². The maximum absolute atomic E-state index is 14.0. The van der Waals surface area contributed by atoms with Crippen molar-refractivity contribution in [1.29, 1.82) is 0 Å². The predicted octanol–water partition coefficient (Wildman–Crippen LogP) is 3.79. The Morgan fingerprint density at radius 2 is 1.95 bits per heavy atom. The predicted molar refractivity (Wildman–Crippen MR) is 75.9 cm³/mol. The van der Waals surface area contributed by atoms with Crippen LogP contribution in [0.2, 0.25) is 0 Å². The summed E-state index contributed by atoms with van der Waals surface area (Å²) >= 11 is 3.22. The smallest absolute Gasteiger partial charge is 0.258 e. The van der Waals surface area contributed by atoms with E-state index in [0.717, 1.165) is 12.0 Å². The van der Waals surface area contributed by atoms with Crippen LogP contribution in [0.4, 0.5) is 10.1 Å². The second-order valence-electron chi connectivity index (χ2n) is 4.46. The molecule has 2 nitrogen and oxygen atoms in total. The number of nitrogens with zero attached hydrogens (tertiary/aromatic N) is 1. The van der Waals surface area contributed by atoms with Gasteiger partial charge in [-0.05, 0) is 36.2 Å². The van der Waals surface area contributed by atoms with Crippen molar-refractivity contribution in [2.45, 2.75) is 6.42 Å². The van der Waals surface area contributed by atoms with Gasteiger partial charge in [0.1, 0.15) is 5.82 Å². The molecule has 1 heterocycles. The van der Waals surface area contributed by atoms with Gasteiger partial charge in [0, 0.05) is 16.6 Å². The van der Waals surface area contributed by atoms with E-state index in [2.05, 4.69) is 15.9 Å². The van der Waals surface area contributed by atoms with Crippen LogP contribution < -0.4 is 4.90 Å². The van der Waals surface area contributed by atoms with Crippen LogP contribution in [-0.4, -0.2) is 12.5 Å². The fraction of sp³-hybridized carbons (Fsp3) is 0.133. The minimum absolute atomic E-state index is 0.136. The number of amides is 1. The topological polar surface area (TPSA) is 20.3 Å². The molecule has 0 saturated heterocycles. The summed E-state index contributed by atoms with van der Waals surface area (Å²) < 4.78 is 14.6. The number of hydrogen-bond donors (Lipinski definition) is 0. The largest absolute Gasteiger partial charge is 0.305 e. The highest BCUT2D eigenvalue weighted by Gasteiger charge is 2.26. The van der Waals surface area contributed by atoms with Crippen molar-refractivity contribution < 1.29 is 9.18 Å². The van der Waals surface area contributed by atoms with Gasteiger partial charge >= 0.3 is 0 Å². The van der Waals surface area contributed by atoms with Crippen molar-refractivity contribution in [2.75, 3.05) is 11.4 Å². The Morgan fingerprint density at radius 1 is 1.16 bits per heavy atom. The first-order valence-electron chi connectivity index (χ1n) is 6.01. The first-order valence-corrected chi connectivity index (χ1v) is 6.81. The van der Waals surface area contributed by atoms with Gasteiger partial charge in [-0.2, -0.15) is 0 Å². The fourth-order valence-corrected chi connectivity index (χ4v) is 2.69. The lowest BCUT2D eigenvalue weighted by atomic mass is 9.98. The van der Waals surface area contributed by atoms with Crippen LogP contribution in [0.15, 0.2) is 46.9 Å². The Kier molecular flexibility index (Phi) is 3.11. The molecule has 3 rings (SSSR count). The van der Waals surface area contributed by atoms with Crippen molar-refractivity contribution in [3.63, 3.8) is 0 Å². The molecule has 0 aromatic heterocycles. The van der Waals surface area contributed by atoms with Crippen LogP contribution in [0.1, 0.15) is 15.9 Å². The molecule has 0 unspecified atom stereocenters. The van der Waals surface area contributed by atoms with Gasteiger partial charge in [-0.3, -0.25) is 4.79 Å². The summed E-state index contributed by atoms with van der Waals surface area (Å²) in [6, 6.07) is 12.2. The number of benzene rings is 2. The number of carbonyl (C=O) groups excluding carboxylic acids is 1. The first-order chi connectivity index (χ1) is 9.16. The second kappa shape index (κ2) is 4.78. The zero-order valence-corrected chi connectivity index (χ0v) is 11.7. The van der Waals surface area contributed by atoms with Crippen molar-refractivity contribution in [3.05, 3.63) is 63.9 Å². The maximum Gasteiger partial charge on any atom is 0.258 e. The lowest BCUT2D eigenvalue weighted by molar-refractivity contribution is 0.0979. The summed E-state index contributed by atoms with van der Waals surface area (Å²) in [7, 11) is 0.